The van der Waals surface area contributed by atoms with E-state index in [1.165, 1.54) is 0 Å². The molecule has 1 fully saturated rings. The second-order valence-corrected chi connectivity index (χ2v) is 7.27. The molecule has 0 atom stereocenters. The molecule has 0 aliphatic carbocycles. The van der Waals surface area contributed by atoms with Gasteiger partial charge in [0.2, 0.25) is 11.8 Å². The highest BCUT2D eigenvalue weighted by Gasteiger charge is 2.30. The van der Waals surface area contributed by atoms with Crippen molar-refractivity contribution in [2.45, 2.75) is 33.6 Å². The molecular weight excluding hydrogens is 304 g/mol. The van der Waals surface area contributed by atoms with Crippen molar-refractivity contribution in [3.8, 4) is 5.75 Å². The molecule has 132 valence electrons. The maximum Gasteiger partial charge on any atom is 0.228 e. The van der Waals surface area contributed by atoms with E-state index in [1.54, 1.807) is 7.11 Å². The van der Waals surface area contributed by atoms with E-state index in [2.05, 4.69) is 0 Å². The second-order valence-electron chi connectivity index (χ2n) is 7.27. The van der Waals surface area contributed by atoms with Crippen molar-refractivity contribution >= 4 is 11.8 Å². The monoisotopic (exact) mass is 332 g/mol. The van der Waals surface area contributed by atoms with Gasteiger partial charge in [0, 0.05) is 38.0 Å². The van der Waals surface area contributed by atoms with Crippen molar-refractivity contribution in [1.82, 2.24) is 9.80 Å². The van der Waals surface area contributed by atoms with Crippen LogP contribution in [0.25, 0.3) is 0 Å². The number of amides is 2. The molecule has 0 spiro atoms. The lowest BCUT2D eigenvalue weighted by atomic mass is 9.94. The van der Waals surface area contributed by atoms with Crippen LogP contribution < -0.4 is 4.74 Å². The third kappa shape index (κ3) is 4.73. The van der Waals surface area contributed by atoms with Crippen molar-refractivity contribution in [3.05, 3.63) is 29.8 Å². The highest BCUT2D eigenvalue weighted by atomic mass is 16.5. The molecule has 2 rings (SSSR count). The molecule has 1 aromatic carbocycles. The quantitative estimate of drug-likeness (QED) is 0.850. The van der Waals surface area contributed by atoms with Crippen molar-refractivity contribution in [3.63, 3.8) is 0 Å². The predicted molar refractivity (Wildman–Crippen MR) is 93.9 cm³/mol. The van der Waals surface area contributed by atoms with E-state index >= 15 is 0 Å². The molecule has 1 saturated heterocycles. The van der Waals surface area contributed by atoms with E-state index in [1.807, 2.05) is 54.8 Å². The van der Waals surface area contributed by atoms with E-state index in [0.717, 1.165) is 11.3 Å². The molecule has 1 heterocycles. The number of piperazine rings is 1. The summed E-state index contributed by atoms with van der Waals surface area (Å²) in [6.45, 7) is 8.29. The van der Waals surface area contributed by atoms with Gasteiger partial charge in [0.15, 0.2) is 0 Å². The molecule has 24 heavy (non-hydrogen) atoms. The number of nitrogens with zero attached hydrogens (tertiary/aromatic N) is 2. The van der Waals surface area contributed by atoms with Crippen molar-refractivity contribution in [1.29, 1.82) is 0 Å². The first kappa shape index (κ1) is 18.3. The number of ether oxygens (including phenoxy) is 1. The number of carbonyl (C=O) groups is 2. The van der Waals surface area contributed by atoms with Gasteiger partial charge in [-0.15, -0.1) is 0 Å². The standard InChI is InChI=1S/C19H28N2O3/c1-19(2,3)18(23)21-12-10-20(11-13-21)17(22)9-8-15-6-5-7-16(14-15)24-4/h5-7,14H,8-13H2,1-4H3. The van der Waals surface area contributed by atoms with Crippen LogP contribution in [0.5, 0.6) is 5.75 Å². The fraction of sp³-hybridized carbons (Fsp3) is 0.579. The number of benzene rings is 1. The van der Waals surface area contributed by atoms with E-state index in [-0.39, 0.29) is 17.2 Å². The van der Waals surface area contributed by atoms with Crippen molar-refractivity contribution in [2.24, 2.45) is 5.41 Å². The highest BCUT2D eigenvalue weighted by Crippen LogP contribution is 2.19. The smallest absolute Gasteiger partial charge is 0.228 e. The lowest BCUT2D eigenvalue weighted by Crippen LogP contribution is -2.53. The minimum atomic E-state index is -0.363. The summed E-state index contributed by atoms with van der Waals surface area (Å²) in [6, 6.07) is 7.81. The van der Waals surface area contributed by atoms with Crippen molar-refractivity contribution < 1.29 is 14.3 Å². The van der Waals surface area contributed by atoms with Gasteiger partial charge < -0.3 is 14.5 Å². The van der Waals surface area contributed by atoms with Crippen LogP contribution in [0.2, 0.25) is 0 Å². The SMILES string of the molecule is COc1cccc(CCC(=O)N2CCN(C(=O)C(C)(C)C)CC2)c1. The molecule has 0 saturated carbocycles. The number of rotatable bonds is 4. The van der Waals surface area contributed by atoms with Gasteiger partial charge in [-0.1, -0.05) is 32.9 Å². The summed E-state index contributed by atoms with van der Waals surface area (Å²) in [5, 5.41) is 0. The Morgan fingerprint density at radius 3 is 2.29 bits per heavy atom. The lowest BCUT2D eigenvalue weighted by molar-refractivity contribution is -0.144. The molecule has 1 aromatic rings. The molecule has 1 aliphatic rings. The normalized spacial score (nSPS) is 15.3. The Morgan fingerprint density at radius 1 is 1.08 bits per heavy atom. The average Bonchev–Trinajstić information content (AvgIpc) is 2.58. The first-order valence-corrected chi connectivity index (χ1v) is 8.51. The average molecular weight is 332 g/mol. The van der Waals surface area contributed by atoms with Gasteiger partial charge in [-0.3, -0.25) is 9.59 Å². The van der Waals surface area contributed by atoms with Crippen LogP contribution in [-0.2, 0) is 16.0 Å². The fourth-order valence-electron chi connectivity index (χ4n) is 2.87. The first-order valence-electron chi connectivity index (χ1n) is 8.51. The number of aryl methyl sites for hydroxylation is 1. The molecule has 0 aromatic heterocycles. The van der Waals surface area contributed by atoms with Gasteiger partial charge in [-0.2, -0.15) is 0 Å². The number of hydrogen-bond acceptors (Lipinski definition) is 3. The van der Waals surface area contributed by atoms with Crippen molar-refractivity contribution in [2.75, 3.05) is 33.3 Å². The van der Waals surface area contributed by atoms with Crippen LogP contribution in [0, 0.1) is 5.41 Å². The Kier molecular flexibility index (Phi) is 5.86. The summed E-state index contributed by atoms with van der Waals surface area (Å²) in [5.41, 5.74) is 0.739. The Morgan fingerprint density at radius 2 is 1.71 bits per heavy atom. The topological polar surface area (TPSA) is 49.9 Å². The molecule has 0 N–H and O–H groups in total. The molecule has 0 unspecified atom stereocenters. The van der Waals surface area contributed by atoms with Gasteiger partial charge in [0.1, 0.15) is 5.75 Å². The number of carbonyl (C=O) groups excluding carboxylic acids is 2. The molecule has 5 nitrogen and oxygen atoms in total. The maximum atomic E-state index is 12.4. The van der Waals surface area contributed by atoms with E-state index < -0.39 is 0 Å². The Labute approximate surface area is 144 Å². The van der Waals surface area contributed by atoms with Crippen LogP contribution in [0.15, 0.2) is 24.3 Å². The first-order chi connectivity index (χ1) is 11.3. The third-order valence-corrected chi connectivity index (χ3v) is 4.32. The fourth-order valence-corrected chi connectivity index (χ4v) is 2.87. The molecular formula is C19H28N2O3. The summed E-state index contributed by atoms with van der Waals surface area (Å²) in [4.78, 5) is 28.4. The molecule has 2 amide bonds. The molecule has 0 radical (unpaired) electrons. The zero-order chi connectivity index (χ0) is 17.7. The Bertz CT molecular complexity index is 585. The zero-order valence-electron chi connectivity index (χ0n) is 15.2. The third-order valence-electron chi connectivity index (χ3n) is 4.32. The van der Waals surface area contributed by atoms with E-state index in [4.69, 9.17) is 4.74 Å². The van der Waals surface area contributed by atoms with Gasteiger partial charge in [-0.05, 0) is 24.1 Å². The zero-order valence-corrected chi connectivity index (χ0v) is 15.2. The maximum absolute atomic E-state index is 12.4. The van der Waals surface area contributed by atoms with Gasteiger partial charge in [-0.25, -0.2) is 0 Å². The van der Waals surface area contributed by atoms with E-state index in [0.29, 0.717) is 39.0 Å². The van der Waals surface area contributed by atoms with Gasteiger partial charge in [0.25, 0.3) is 0 Å². The summed E-state index contributed by atoms with van der Waals surface area (Å²) >= 11 is 0. The Balaban J connectivity index is 1.81. The summed E-state index contributed by atoms with van der Waals surface area (Å²) in [5.74, 6) is 1.13. The minimum absolute atomic E-state index is 0.153. The lowest BCUT2D eigenvalue weighted by Gasteiger charge is -2.37. The predicted octanol–water partition coefficient (Wildman–Crippen LogP) is 2.34. The summed E-state index contributed by atoms with van der Waals surface area (Å²) in [7, 11) is 1.64. The van der Waals surface area contributed by atoms with Crippen LogP contribution in [-0.4, -0.2) is 54.9 Å². The van der Waals surface area contributed by atoms with Crippen LogP contribution in [0.1, 0.15) is 32.8 Å². The van der Waals surface area contributed by atoms with Gasteiger partial charge in [0.05, 0.1) is 7.11 Å². The van der Waals surface area contributed by atoms with Gasteiger partial charge >= 0.3 is 0 Å². The molecule has 0 bridgehead atoms. The van der Waals surface area contributed by atoms with Crippen LogP contribution >= 0.6 is 0 Å². The van der Waals surface area contributed by atoms with Crippen LogP contribution in [0.3, 0.4) is 0 Å². The summed E-state index contributed by atoms with van der Waals surface area (Å²) in [6.07, 6.45) is 1.19. The largest absolute Gasteiger partial charge is 0.497 e. The molecule has 5 heteroatoms. The number of hydrogen-bond donors (Lipinski definition) is 0. The summed E-state index contributed by atoms with van der Waals surface area (Å²) < 4.78 is 5.21. The van der Waals surface area contributed by atoms with E-state index in [9.17, 15) is 9.59 Å². The Hall–Kier alpha value is -2.04. The molecule has 1 aliphatic heterocycles. The second kappa shape index (κ2) is 7.69. The van der Waals surface area contributed by atoms with Crippen LogP contribution in [0.4, 0.5) is 0 Å². The minimum Gasteiger partial charge on any atom is -0.497 e. The highest BCUT2D eigenvalue weighted by molar-refractivity contribution is 5.82. The number of methoxy groups -OCH3 is 1.